The van der Waals surface area contributed by atoms with Crippen molar-refractivity contribution in [3.63, 3.8) is 0 Å². The first-order chi connectivity index (χ1) is 9.42. The van der Waals surface area contributed by atoms with E-state index in [1.54, 1.807) is 0 Å². The van der Waals surface area contributed by atoms with Gasteiger partial charge in [0.1, 0.15) is 5.65 Å². The first-order valence-electron chi connectivity index (χ1n) is 7.32. The lowest BCUT2D eigenvalue weighted by atomic mass is 10.1. The minimum atomic E-state index is -0.655. The zero-order chi connectivity index (χ0) is 14.3. The number of imidazole rings is 1. The maximum atomic E-state index is 10.1. The fourth-order valence-corrected chi connectivity index (χ4v) is 2.74. The molecule has 1 fully saturated rings. The van der Waals surface area contributed by atoms with Gasteiger partial charge in [0.25, 0.3) is 0 Å². The summed E-state index contributed by atoms with van der Waals surface area (Å²) in [7, 11) is 0. The van der Waals surface area contributed by atoms with Crippen LogP contribution in [0.5, 0.6) is 0 Å². The summed E-state index contributed by atoms with van der Waals surface area (Å²) < 4.78 is 2.08. The standard InChI is InChI=1S/C16H23N3O/c1-12-5-4-8-18-9-13(17-15(12)18)10-19(14-6-7-14)11-16(2,3)20/h4-5,8-9,14,20H,6-7,10-11H2,1-3H3. The fourth-order valence-electron chi connectivity index (χ4n) is 2.74. The van der Waals surface area contributed by atoms with Crippen LogP contribution in [-0.2, 0) is 6.54 Å². The summed E-state index contributed by atoms with van der Waals surface area (Å²) in [4.78, 5) is 7.09. The molecule has 2 aromatic rings. The topological polar surface area (TPSA) is 40.8 Å². The number of aromatic nitrogens is 2. The Morgan fingerprint density at radius 3 is 2.80 bits per heavy atom. The summed E-state index contributed by atoms with van der Waals surface area (Å²) in [5.41, 5.74) is 2.65. The first kappa shape index (κ1) is 13.6. The van der Waals surface area contributed by atoms with Gasteiger partial charge in [0.05, 0.1) is 11.3 Å². The van der Waals surface area contributed by atoms with Crippen LogP contribution in [0.25, 0.3) is 5.65 Å². The average molecular weight is 273 g/mol. The molecule has 1 N–H and O–H groups in total. The van der Waals surface area contributed by atoms with Crippen molar-refractivity contribution >= 4 is 5.65 Å². The van der Waals surface area contributed by atoms with Crippen LogP contribution in [0.1, 0.15) is 37.9 Å². The molecular weight excluding hydrogens is 250 g/mol. The molecule has 0 spiro atoms. The highest BCUT2D eigenvalue weighted by Crippen LogP contribution is 2.29. The van der Waals surface area contributed by atoms with E-state index in [-0.39, 0.29) is 0 Å². The molecule has 20 heavy (non-hydrogen) atoms. The lowest BCUT2D eigenvalue weighted by Crippen LogP contribution is -2.39. The van der Waals surface area contributed by atoms with Crippen LogP contribution in [0, 0.1) is 6.92 Å². The first-order valence-corrected chi connectivity index (χ1v) is 7.32. The fraction of sp³-hybridized carbons (Fsp3) is 0.562. The lowest BCUT2D eigenvalue weighted by molar-refractivity contribution is 0.0301. The number of aliphatic hydroxyl groups is 1. The number of aryl methyl sites for hydroxylation is 1. The number of hydrogen-bond acceptors (Lipinski definition) is 3. The smallest absolute Gasteiger partial charge is 0.139 e. The second kappa shape index (κ2) is 4.86. The van der Waals surface area contributed by atoms with Gasteiger partial charge >= 0.3 is 0 Å². The number of pyridine rings is 1. The van der Waals surface area contributed by atoms with E-state index >= 15 is 0 Å². The summed E-state index contributed by atoms with van der Waals surface area (Å²) in [5, 5.41) is 10.1. The van der Waals surface area contributed by atoms with Gasteiger partial charge in [-0.15, -0.1) is 0 Å². The molecule has 0 bridgehead atoms. The summed E-state index contributed by atoms with van der Waals surface area (Å²) in [6.45, 7) is 7.34. The summed E-state index contributed by atoms with van der Waals surface area (Å²) in [6.07, 6.45) is 6.61. The Morgan fingerprint density at radius 1 is 1.45 bits per heavy atom. The molecular formula is C16H23N3O. The van der Waals surface area contributed by atoms with Crippen LogP contribution in [0.15, 0.2) is 24.5 Å². The molecule has 1 aliphatic rings. The van der Waals surface area contributed by atoms with Gasteiger partial charge in [-0.3, -0.25) is 4.90 Å². The van der Waals surface area contributed by atoms with Crippen molar-refractivity contribution in [2.45, 2.75) is 51.8 Å². The molecule has 0 atom stereocenters. The molecule has 4 heteroatoms. The van der Waals surface area contributed by atoms with Crippen molar-refractivity contribution in [2.75, 3.05) is 6.54 Å². The van der Waals surface area contributed by atoms with Crippen LogP contribution in [0.2, 0.25) is 0 Å². The largest absolute Gasteiger partial charge is 0.389 e. The maximum Gasteiger partial charge on any atom is 0.139 e. The molecule has 2 aromatic heterocycles. The molecule has 0 amide bonds. The highest BCUT2D eigenvalue weighted by Gasteiger charge is 2.32. The van der Waals surface area contributed by atoms with E-state index in [2.05, 4.69) is 28.5 Å². The number of nitrogens with zero attached hydrogens (tertiary/aromatic N) is 3. The van der Waals surface area contributed by atoms with Gasteiger partial charge < -0.3 is 9.51 Å². The van der Waals surface area contributed by atoms with Crippen LogP contribution in [0.4, 0.5) is 0 Å². The highest BCUT2D eigenvalue weighted by atomic mass is 16.3. The average Bonchev–Trinajstić information content (AvgIpc) is 3.09. The Hall–Kier alpha value is -1.39. The summed E-state index contributed by atoms with van der Waals surface area (Å²) in [5.74, 6) is 0. The molecule has 1 saturated carbocycles. The molecule has 0 radical (unpaired) electrons. The Balaban J connectivity index is 1.81. The van der Waals surface area contributed by atoms with E-state index in [4.69, 9.17) is 4.98 Å². The molecule has 2 heterocycles. The molecule has 0 unspecified atom stereocenters. The molecule has 0 aliphatic heterocycles. The van der Waals surface area contributed by atoms with Gasteiger partial charge in [0, 0.05) is 31.5 Å². The van der Waals surface area contributed by atoms with Crippen molar-refractivity contribution < 1.29 is 5.11 Å². The molecule has 0 saturated heterocycles. The molecule has 0 aromatic carbocycles. The van der Waals surface area contributed by atoms with Crippen LogP contribution in [-0.4, -0.2) is 37.6 Å². The minimum Gasteiger partial charge on any atom is -0.389 e. The maximum absolute atomic E-state index is 10.1. The molecule has 1 aliphatic carbocycles. The van der Waals surface area contributed by atoms with Gasteiger partial charge in [-0.05, 0) is 45.2 Å². The van der Waals surface area contributed by atoms with Gasteiger partial charge in [-0.2, -0.15) is 0 Å². The van der Waals surface area contributed by atoms with Crippen molar-refractivity contribution in [3.8, 4) is 0 Å². The number of fused-ring (bicyclic) bond motifs is 1. The third-order valence-corrected chi connectivity index (χ3v) is 3.75. The van der Waals surface area contributed by atoms with Crippen LogP contribution < -0.4 is 0 Å². The minimum absolute atomic E-state index is 0.618. The van der Waals surface area contributed by atoms with Gasteiger partial charge in [-0.1, -0.05) is 6.07 Å². The van der Waals surface area contributed by atoms with Crippen LogP contribution >= 0.6 is 0 Å². The predicted octanol–water partition coefficient (Wildman–Crippen LogP) is 2.38. The Bertz CT molecular complexity index is 608. The van der Waals surface area contributed by atoms with Crippen molar-refractivity contribution in [3.05, 3.63) is 35.8 Å². The normalized spacial score (nSPS) is 16.2. The Morgan fingerprint density at radius 2 is 2.20 bits per heavy atom. The lowest BCUT2D eigenvalue weighted by Gasteiger charge is -2.28. The van der Waals surface area contributed by atoms with E-state index in [0.717, 1.165) is 17.9 Å². The third-order valence-electron chi connectivity index (χ3n) is 3.75. The monoisotopic (exact) mass is 273 g/mol. The number of rotatable bonds is 5. The number of hydrogen-bond donors (Lipinski definition) is 1. The quantitative estimate of drug-likeness (QED) is 0.909. The van der Waals surface area contributed by atoms with Gasteiger partial charge in [0.15, 0.2) is 0 Å². The van der Waals surface area contributed by atoms with Crippen molar-refractivity contribution in [1.82, 2.24) is 14.3 Å². The molecule has 4 nitrogen and oxygen atoms in total. The third kappa shape index (κ3) is 3.02. The SMILES string of the molecule is Cc1cccn2cc(CN(CC(C)(C)O)C3CC3)nc12. The predicted molar refractivity (Wildman–Crippen MR) is 79.7 cm³/mol. The van der Waals surface area contributed by atoms with E-state index in [0.29, 0.717) is 12.6 Å². The van der Waals surface area contributed by atoms with Crippen LogP contribution in [0.3, 0.4) is 0 Å². The van der Waals surface area contributed by atoms with E-state index in [1.165, 1.54) is 18.4 Å². The van der Waals surface area contributed by atoms with E-state index < -0.39 is 5.60 Å². The van der Waals surface area contributed by atoms with Gasteiger partial charge in [0.2, 0.25) is 0 Å². The second-order valence-corrected chi connectivity index (χ2v) is 6.60. The zero-order valence-corrected chi connectivity index (χ0v) is 12.5. The Kier molecular flexibility index (Phi) is 3.30. The van der Waals surface area contributed by atoms with E-state index in [1.807, 2.05) is 26.1 Å². The van der Waals surface area contributed by atoms with Crippen molar-refractivity contribution in [1.29, 1.82) is 0 Å². The second-order valence-electron chi connectivity index (χ2n) is 6.60. The van der Waals surface area contributed by atoms with E-state index in [9.17, 15) is 5.11 Å². The Labute approximate surface area is 120 Å². The molecule has 3 rings (SSSR count). The highest BCUT2D eigenvalue weighted by molar-refractivity contribution is 5.47. The van der Waals surface area contributed by atoms with Gasteiger partial charge in [-0.25, -0.2) is 4.98 Å². The zero-order valence-electron chi connectivity index (χ0n) is 12.5. The van der Waals surface area contributed by atoms with Crippen molar-refractivity contribution in [2.24, 2.45) is 0 Å². The summed E-state index contributed by atoms with van der Waals surface area (Å²) >= 11 is 0. The molecule has 108 valence electrons. The summed E-state index contributed by atoms with van der Waals surface area (Å²) in [6, 6.07) is 4.75.